The van der Waals surface area contributed by atoms with Crippen molar-refractivity contribution in [3.63, 3.8) is 0 Å². The number of aliphatic carboxylic acids is 1. The normalized spacial score (nSPS) is 21.2. The Balaban J connectivity index is 2.54. The van der Waals surface area contributed by atoms with Crippen LogP contribution in [0.15, 0.2) is 0 Å². The van der Waals surface area contributed by atoms with E-state index < -0.39 is 29.7 Å². The molecule has 0 aliphatic heterocycles. The quantitative estimate of drug-likeness (QED) is 0.356. The molecule has 0 radical (unpaired) electrons. The van der Waals surface area contributed by atoms with Gasteiger partial charge in [0.05, 0.1) is 0 Å². The molecule has 34 heavy (non-hydrogen) atoms. The molecule has 1 aliphatic carbocycles. The SMILES string of the molecule is CCC(C)C(NC(=O)C1CCC(CNC(=O)C(CC(C)C)NC(=O)OC(C)(C)C)CC1)C(=O)O. The molecule has 0 bridgehead atoms. The Morgan fingerprint density at radius 1 is 1.00 bits per heavy atom. The predicted molar refractivity (Wildman–Crippen MR) is 130 cm³/mol. The molecule has 3 atom stereocenters. The lowest BCUT2D eigenvalue weighted by Crippen LogP contribution is -2.50. The molecule has 0 spiro atoms. The number of carbonyl (C=O) groups is 4. The topological polar surface area (TPSA) is 134 Å². The van der Waals surface area contributed by atoms with Crippen LogP contribution >= 0.6 is 0 Å². The summed E-state index contributed by atoms with van der Waals surface area (Å²) >= 11 is 0. The van der Waals surface area contributed by atoms with E-state index in [4.69, 9.17) is 4.74 Å². The van der Waals surface area contributed by atoms with Gasteiger partial charge in [-0.2, -0.15) is 0 Å². The summed E-state index contributed by atoms with van der Waals surface area (Å²) in [5.41, 5.74) is -0.646. The zero-order valence-electron chi connectivity index (χ0n) is 21.9. The molecule has 1 aliphatic rings. The van der Waals surface area contributed by atoms with Crippen LogP contribution in [0.4, 0.5) is 4.79 Å². The molecule has 0 aromatic rings. The van der Waals surface area contributed by atoms with E-state index in [0.717, 1.165) is 12.8 Å². The predicted octanol–water partition coefficient (Wildman–Crippen LogP) is 3.46. The molecule has 4 N–H and O–H groups in total. The Kier molecular flexibility index (Phi) is 11.8. The van der Waals surface area contributed by atoms with Crippen LogP contribution in [0.25, 0.3) is 0 Å². The van der Waals surface area contributed by atoms with Gasteiger partial charge in [-0.15, -0.1) is 0 Å². The van der Waals surface area contributed by atoms with Crippen molar-refractivity contribution < 1.29 is 29.0 Å². The summed E-state index contributed by atoms with van der Waals surface area (Å²) in [6.45, 7) is 13.5. The molecule has 1 saturated carbocycles. The largest absolute Gasteiger partial charge is 0.480 e. The molecule has 0 saturated heterocycles. The lowest BCUT2D eigenvalue weighted by Gasteiger charge is -2.30. The second kappa shape index (κ2) is 13.5. The van der Waals surface area contributed by atoms with E-state index in [9.17, 15) is 24.3 Å². The van der Waals surface area contributed by atoms with Gasteiger partial charge in [-0.05, 0) is 70.6 Å². The van der Waals surface area contributed by atoms with Crippen LogP contribution in [0.1, 0.15) is 87.0 Å². The van der Waals surface area contributed by atoms with Crippen molar-refractivity contribution in [2.75, 3.05) is 6.54 Å². The Bertz CT molecular complexity index is 695. The van der Waals surface area contributed by atoms with Gasteiger partial charge < -0.3 is 25.8 Å². The summed E-state index contributed by atoms with van der Waals surface area (Å²) in [6.07, 6.45) is 3.41. The maximum atomic E-state index is 12.8. The van der Waals surface area contributed by atoms with E-state index in [1.165, 1.54) is 0 Å². The van der Waals surface area contributed by atoms with E-state index in [-0.39, 0.29) is 35.5 Å². The average Bonchev–Trinajstić information content (AvgIpc) is 2.73. The van der Waals surface area contributed by atoms with E-state index in [1.807, 2.05) is 27.7 Å². The van der Waals surface area contributed by atoms with Gasteiger partial charge in [-0.25, -0.2) is 9.59 Å². The van der Waals surface area contributed by atoms with Gasteiger partial charge >= 0.3 is 12.1 Å². The van der Waals surface area contributed by atoms with Gasteiger partial charge in [-0.1, -0.05) is 34.1 Å². The van der Waals surface area contributed by atoms with Crippen molar-refractivity contribution in [3.8, 4) is 0 Å². The number of alkyl carbamates (subject to hydrolysis) is 1. The Morgan fingerprint density at radius 3 is 2.06 bits per heavy atom. The zero-order chi connectivity index (χ0) is 26.1. The summed E-state index contributed by atoms with van der Waals surface area (Å²) in [5.74, 6) is -1.34. The fourth-order valence-corrected chi connectivity index (χ4v) is 4.10. The minimum Gasteiger partial charge on any atom is -0.480 e. The number of hydrogen-bond acceptors (Lipinski definition) is 5. The number of hydrogen-bond donors (Lipinski definition) is 4. The number of nitrogens with one attached hydrogen (secondary N) is 3. The summed E-state index contributed by atoms with van der Waals surface area (Å²) in [7, 11) is 0. The van der Waals surface area contributed by atoms with Gasteiger partial charge in [0, 0.05) is 12.5 Å². The third kappa shape index (κ3) is 10.7. The molecule has 0 aromatic heterocycles. The maximum absolute atomic E-state index is 12.8. The fourth-order valence-electron chi connectivity index (χ4n) is 4.10. The van der Waals surface area contributed by atoms with Crippen molar-refractivity contribution in [3.05, 3.63) is 0 Å². The standard InChI is InChI=1S/C25H45N3O6/c1-8-16(4)20(23(31)32)28-21(29)18-11-9-17(10-12-18)14-26-22(30)19(13-15(2)3)27-24(33)34-25(5,6)7/h15-20H,8-14H2,1-7H3,(H,26,30)(H,27,33)(H,28,29)(H,31,32). The van der Waals surface area contributed by atoms with E-state index in [2.05, 4.69) is 16.0 Å². The second-order valence-corrected chi connectivity index (χ2v) is 11.0. The molecular weight excluding hydrogens is 438 g/mol. The molecule has 3 amide bonds. The van der Waals surface area contributed by atoms with E-state index >= 15 is 0 Å². The first-order valence-corrected chi connectivity index (χ1v) is 12.5. The van der Waals surface area contributed by atoms with Crippen LogP contribution in [0.5, 0.6) is 0 Å². The second-order valence-electron chi connectivity index (χ2n) is 11.0. The average molecular weight is 484 g/mol. The number of carboxylic acid groups (broad SMARTS) is 1. The molecule has 9 heteroatoms. The Hall–Kier alpha value is -2.32. The zero-order valence-corrected chi connectivity index (χ0v) is 21.9. The van der Waals surface area contributed by atoms with Crippen LogP contribution in [-0.2, 0) is 19.1 Å². The number of carbonyl (C=O) groups excluding carboxylic acids is 3. The Morgan fingerprint density at radius 2 is 1.59 bits per heavy atom. The van der Waals surface area contributed by atoms with Gasteiger partial charge in [0.1, 0.15) is 17.7 Å². The third-order valence-electron chi connectivity index (χ3n) is 6.27. The molecule has 0 aromatic carbocycles. The highest BCUT2D eigenvalue weighted by atomic mass is 16.6. The molecule has 1 rings (SSSR count). The van der Waals surface area contributed by atoms with Gasteiger partial charge in [0.2, 0.25) is 11.8 Å². The van der Waals surface area contributed by atoms with Crippen molar-refractivity contribution in [2.45, 2.75) is 105 Å². The van der Waals surface area contributed by atoms with Crippen molar-refractivity contribution in [2.24, 2.45) is 23.7 Å². The van der Waals surface area contributed by atoms with Gasteiger partial charge in [0.15, 0.2) is 0 Å². The summed E-state index contributed by atoms with van der Waals surface area (Å²) in [6, 6.07) is -1.55. The minimum absolute atomic E-state index is 0.138. The first kappa shape index (κ1) is 29.7. The number of ether oxygens (including phenoxy) is 1. The third-order valence-corrected chi connectivity index (χ3v) is 6.27. The monoisotopic (exact) mass is 483 g/mol. The summed E-state index contributed by atoms with van der Waals surface area (Å²) < 4.78 is 5.29. The van der Waals surface area contributed by atoms with Crippen LogP contribution in [-0.4, -0.2) is 53.2 Å². The van der Waals surface area contributed by atoms with E-state index in [1.54, 1.807) is 20.8 Å². The highest BCUT2D eigenvalue weighted by molar-refractivity contribution is 5.86. The van der Waals surface area contributed by atoms with Gasteiger partial charge in [-0.3, -0.25) is 9.59 Å². The molecule has 1 fully saturated rings. The molecular formula is C25H45N3O6. The first-order valence-electron chi connectivity index (χ1n) is 12.5. The number of carboxylic acids is 1. The first-order chi connectivity index (χ1) is 15.7. The summed E-state index contributed by atoms with van der Waals surface area (Å²) in [5, 5.41) is 17.7. The minimum atomic E-state index is -1.00. The highest BCUT2D eigenvalue weighted by Gasteiger charge is 2.32. The highest BCUT2D eigenvalue weighted by Crippen LogP contribution is 2.29. The fraction of sp³-hybridized carbons (Fsp3) is 0.840. The lowest BCUT2D eigenvalue weighted by molar-refractivity contribution is -0.144. The molecule has 196 valence electrons. The van der Waals surface area contributed by atoms with Crippen LogP contribution < -0.4 is 16.0 Å². The number of rotatable bonds is 11. The van der Waals surface area contributed by atoms with E-state index in [0.29, 0.717) is 32.2 Å². The number of amides is 3. The molecule has 9 nitrogen and oxygen atoms in total. The van der Waals surface area contributed by atoms with Crippen molar-refractivity contribution in [1.82, 2.24) is 16.0 Å². The smallest absolute Gasteiger partial charge is 0.408 e. The molecule has 3 unspecified atom stereocenters. The van der Waals surface area contributed by atoms with Crippen molar-refractivity contribution >= 4 is 23.9 Å². The van der Waals surface area contributed by atoms with Crippen molar-refractivity contribution in [1.29, 1.82) is 0 Å². The van der Waals surface area contributed by atoms with Gasteiger partial charge in [0.25, 0.3) is 0 Å². The molecule has 0 heterocycles. The van der Waals surface area contributed by atoms with Crippen LogP contribution in [0.3, 0.4) is 0 Å². The van der Waals surface area contributed by atoms with Crippen LogP contribution in [0, 0.1) is 23.7 Å². The maximum Gasteiger partial charge on any atom is 0.408 e. The Labute approximate surface area is 204 Å². The van der Waals surface area contributed by atoms with Crippen LogP contribution in [0.2, 0.25) is 0 Å². The lowest BCUT2D eigenvalue weighted by atomic mass is 9.81. The summed E-state index contributed by atoms with van der Waals surface area (Å²) in [4.78, 5) is 49.0.